The van der Waals surface area contributed by atoms with E-state index in [1.807, 2.05) is 0 Å². The first-order valence-electron chi connectivity index (χ1n) is 9.50. The standard InChI is InChI=1S/C21H17F4NO4S2/c22-15-7-5-12(21(23,24)25)10-14(15)16-8-6-13(30-16)11-17-19(29)26(20(31)32-17)9-3-1-2-4-18(27)28/h5-8,10-11H,1-4,9H2,(H,27,28)/b17-11+. The Labute approximate surface area is 190 Å². The van der Waals surface area contributed by atoms with Crippen molar-refractivity contribution in [1.29, 1.82) is 0 Å². The SMILES string of the molecule is O=C(O)CCCCCN1C(=O)/C(=C\c2ccc(-c3cc(C(F)(F)F)ccc3F)o2)SC1=S. The molecule has 0 atom stereocenters. The Morgan fingerprint density at radius 2 is 1.94 bits per heavy atom. The highest BCUT2D eigenvalue weighted by atomic mass is 32.2. The third-order valence-electron chi connectivity index (χ3n) is 4.61. The number of carbonyl (C=O) groups excluding carboxylic acids is 1. The van der Waals surface area contributed by atoms with E-state index in [0.29, 0.717) is 42.3 Å². The molecular weight excluding hydrogens is 470 g/mol. The number of rotatable bonds is 8. The van der Waals surface area contributed by atoms with Crippen LogP contribution < -0.4 is 0 Å². The first kappa shape index (κ1) is 24.0. The highest BCUT2D eigenvalue weighted by Crippen LogP contribution is 2.36. The molecule has 1 aromatic heterocycles. The zero-order valence-electron chi connectivity index (χ0n) is 16.4. The topological polar surface area (TPSA) is 70.8 Å². The van der Waals surface area contributed by atoms with Crippen molar-refractivity contribution in [3.8, 4) is 11.3 Å². The highest BCUT2D eigenvalue weighted by molar-refractivity contribution is 8.26. The summed E-state index contributed by atoms with van der Waals surface area (Å²) in [5.74, 6) is -2.02. The third-order valence-corrected chi connectivity index (χ3v) is 5.98. The van der Waals surface area contributed by atoms with E-state index >= 15 is 0 Å². The van der Waals surface area contributed by atoms with Gasteiger partial charge in [-0.15, -0.1) is 0 Å². The number of benzene rings is 1. The van der Waals surface area contributed by atoms with Crippen molar-refractivity contribution >= 4 is 46.3 Å². The maximum absolute atomic E-state index is 14.1. The van der Waals surface area contributed by atoms with E-state index in [-0.39, 0.29) is 34.3 Å². The second-order valence-corrected chi connectivity index (χ2v) is 8.61. The Hall–Kier alpha value is -2.66. The molecule has 0 unspecified atom stereocenters. The van der Waals surface area contributed by atoms with Crippen LogP contribution in [-0.2, 0) is 15.8 Å². The van der Waals surface area contributed by atoms with Gasteiger partial charge in [-0.1, -0.05) is 30.4 Å². The monoisotopic (exact) mass is 487 g/mol. The molecule has 3 rings (SSSR count). The van der Waals surface area contributed by atoms with Gasteiger partial charge < -0.3 is 9.52 Å². The number of hydrogen-bond acceptors (Lipinski definition) is 5. The van der Waals surface area contributed by atoms with Crippen LogP contribution in [-0.4, -0.2) is 32.7 Å². The molecule has 0 bridgehead atoms. The number of unbranched alkanes of at least 4 members (excludes halogenated alkanes) is 2. The Bertz CT molecular complexity index is 1080. The van der Waals surface area contributed by atoms with Crippen LogP contribution in [0.3, 0.4) is 0 Å². The lowest BCUT2D eigenvalue weighted by Crippen LogP contribution is -2.29. The Kier molecular flexibility index (Phi) is 7.40. The van der Waals surface area contributed by atoms with E-state index in [0.717, 1.165) is 17.8 Å². The lowest BCUT2D eigenvalue weighted by Gasteiger charge is -2.13. The number of halogens is 4. The molecule has 11 heteroatoms. The minimum atomic E-state index is -4.63. The van der Waals surface area contributed by atoms with Crippen LogP contribution in [0.4, 0.5) is 17.6 Å². The molecule has 5 nitrogen and oxygen atoms in total. The number of carbonyl (C=O) groups is 2. The predicted octanol–water partition coefficient (Wildman–Crippen LogP) is 5.95. The summed E-state index contributed by atoms with van der Waals surface area (Å²) >= 11 is 6.28. The third kappa shape index (κ3) is 5.77. The van der Waals surface area contributed by atoms with Gasteiger partial charge in [0.25, 0.3) is 5.91 Å². The fraction of sp³-hybridized carbons (Fsp3) is 0.286. The predicted molar refractivity (Wildman–Crippen MR) is 115 cm³/mol. The summed E-state index contributed by atoms with van der Waals surface area (Å²) < 4.78 is 58.7. The molecule has 1 aromatic carbocycles. The van der Waals surface area contributed by atoms with Gasteiger partial charge in [-0.25, -0.2) is 4.39 Å². The summed E-state index contributed by atoms with van der Waals surface area (Å²) in [6, 6.07) is 4.79. The number of aliphatic carboxylic acids is 1. The van der Waals surface area contributed by atoms with Crippen LogP contribution in [0.15, 0.2) is 39.7 Å². The van der Waals surface area contributed by atoms with Crippen LogP contribution in [0.1, 0.15) is 37.0 Å². The van der Waals surface area contributed by atoms with E-state index < -0.39 is 23.5 Å². The zero-order chi connectivity index (χ0) is 23.5. The van der Waals surface area contributed by atoms with E-state index in [1.54, 1.807) is 0 Å². The first-order chi connectivity index (χ1) is 15.1. The summed E-state index contributed by atoms with van der Waals surface area (Å²) in [5.41, 5.74) is -1.34. The second kappa shape index (κ2) is 9.86. The van der Waals surface area contributed by atoms with Gasteiger partial charge in [-0.05, 0) is 43.2 Å². The number of carboxylic acid groups (broad SMARTS) is 1. The molecule has 2 aromatic rings. The molecule has 1 aliphatic rings. The summed E-state index contributed by atoms with van der Waals surface area (Å²) in [6.45, 7) is 0.348. The number of carboxylic acids is 1. The number of furan rings is 1. The van der Waals surface area contributed by atoms with Gasteiger partial charge in [-0.2, -0.15) is 13.2 Å². The largest absolute Gasteiger partial charge is 0.481 e. The molecule has 32 heavy (non-hydrogen) atoms. The Balaban J connectivity index is 1.71. The van der Waals surface area contributed by atoms with Crippen molar-refractivity contribution in [3.05, 3.63) is 52.4 Å². The normalized spacial score (nSPS) is 15.8. The van der Waals surface area contributed by atoms with Crippen LogP contribution in [0.5, 0.6) is 0 Å². The fourth-order valence-corrected chi connectivity index (χ4v) is 4.30. The van der Waals surface area contributed by atoms with E-state index in [2.05, 4.69) is 0 Å². The van der Waals surface area contributed by atoms with Gasteiger partial charge in [0.05, 0.1) is 16.0 Å². The molecule has 170 valence electrons. The van der Waals surface area contributed by atoms with Gasteiger partial charge >= 0.3 is 12.1 Å². The van der Waals surface area contributed by atoms with Gasteiger partial charge in [0.1, 0.15) is 21.7 Å². The van der Waals surface area contributed by atoms with Crippen LogP contribution in [0.2, 0.25) is 0 Å². The molecule has 0 spiro atoms. The summed E-state index contributed by atoms with van der Waals surface area (Å²) in [4.78, 5) is 24.8. The summed E-state index contributed by atoms with van der Waals surface area (Å²) in [5, 5.41) is 8.65. The zero-order valence-corrected chi connectivity index (χ0v) is 18.1. The van der Waals surface area contributed by atoms with Gasteiger partial charge in [0, 0.05) is 19.0 Å². The lowest BCUT2D eigenvalue weighted by molar-refractivity contribution is -0.138. The van der Waals surface area contributed by atoms with E-state index in [9.17, 15) is 27.2 Å². The smallest absolute Gasteiger partial charge is 0.416 e. The molecule has 0 radical (unpaired) electrons. The molecule has 1 aliphatic heterocycles. The molecule has 1 saturated heterocycles. The van der Waals surface area contributed by atoms with Crippen molar-refractivity contribution < 1.29 is 36.7 Å². The quantitative estimate of drug-likeness (QED) is 0.215. The molecular formula is C21H17F4NO4S2. The van der Waals surface area contributed by atoms with Crippen LogP contribution >= 0.6 is 24.0 Å². The van der Waals surface area contributed by atoms with Gasteiger partial charge in [0.2, 0.25) is 0 Å². The summed E-state index contributed by atoms with van der Waals surface area (Å²) in [6.07, 6.45) is -1.44. The van der Waals surface area contributed by atoms with Crippen molar-refractivity contribution in [2.45, 2.75) is 31.9 Å². The van der Waals surface area contributed by atoms with Crippen molar-refractivity contribution in [1.82, 2.24) is 4.90 Å². The van der Waals surface area contributed by atoms with Crippen LogP contribution in [0.25, 0.3) is 17.4 Å². The van der Waals surface area contributed by atoms with Gasteiger partial charge in [0.15, 0.2) is 0 Å². The van der Waals surface area contributed by atoms with Crippen molar-refractivity contribution in [2.24, 2.45) is 0 Å². The minimum Gasteiger partial charge on any atom is -0.481 e. The average molecular weight is 487 g/mol. The minimum absolute atomic E-state index is 0.0611. The Morgan fingerprint density at radius 1 is 1.19 bits per heavy atom. The maximum Gasteiger partial charge on any atom is 0.416 e. The molecule has 1 fully saturated rings. The highest BCUT2D eigenvalue weighted by Gasteiger charge is 2.33. The number of hydrogen-bond donors (Lipinski definition) is 1. The van der Waals surface area contributed by atoms with Crippen molar-refractivity contribution in [2.75, 3.05) is 6.54 Å². The molecule has 0 saturated carbocycles. The average Bonchev–Trinajstić information content (AvgIpc) is 3.26. The molecule has 2 heterocycles. The number of thioether (sulfide) groups is 1. The first-order valence-corrected chi connectivity index (χ1v) is 10.7. The van der Waals surface area contributed by atoms with Crippen LogP contribution in [0, 0.1) is 5.82 Å². The Morgan fingerprint density at radius 3 is 2.62 bits per heavy atom. The number of amides is 1. The fourth-order valence-electron chi connectivity index (χ4n) is 3.01. The second-order valence-electron chi connectivity index (χ2n) is 6.93. The van der Waals surface area contributed by atoms with Crippen molar-refractivity contribution in [3.63, 3.8) is 0 Å². The number of alkyl halides is 3. The van der Waals surface area contributed by atoms with E-state index in [1.165, 1.54) is 23.1 Å². The van der Waals surface area contributed by atoms with Gasteiger partial charge in [-0.3, -0.25) is 14.5 Å². The number of thiocarbonyl (C=S) groups is 1. The molecule has 1 N–H and O–H groups in total. The number of nitrogens with zero attached hydrogens (tertiary/aromatic N) is 1. The molecule has 1 amide bonds. The maximum atomic E-state index is 14.1. The molecule has 0 aliphatic carbocycles. The summed E-state index contributed by atoms with van der Waals surface area (Å²) in [7, 11) is 0. The lowest BCUT2D eigenvalue weighted by atomic mass is 10.1. The van der Waals surface area contributed by atoms with E-state index in [4.69, 9.17) is 21.7 Å².